The largest absolute Gasteiger partial charge is 0.478 e. The topological polar surface area (TPSA) is 37.3 Å². The van der Waals surface area contributed by atoms with E-state index < -0.39 is 19.1 Å². The van der Waals surface area contributed by atoms with Crippen molar-refractivity contribution in [1.29, 1.82) is 0 Å². The normalized spacial score (nSPS) is 15.1. The van der Waals surface area contributed by atoms with Gasteiger partial charge in [0.2, 0.25) is 7.59 Å². The molecule has 0 aliphatic heterocycles. The maximum atomic E-state index is 10.7. The second-order valence-corrected chi connectivity index (χ2v) is 6.86. The summed E-state index contributed by atoms with van der Waals surface area (Å²) in [7, 11) is 0. The van der Waals surface area contributed by atoms with Gasteiger partial charge in [0, 0.05) is 0 Å². The first kappa shape index (κ1) is 14.9. The molecule has 0 aliphatic carbocycles. The van der Waals surface area contributed by atoms with Gasteiger partial charge in [-0.05, 0) is 12.5 Å². The van der Waals surface area contributed by atoms with Gasteiger partial charge in [0.15, 0.2) is 0 Å². The second kappa shape index (κ2) is 4.86. The molecule has 0 radical (unpaired) electrons. The van der Waals surface area contributed by atoms with Crippen LogP contribution in [0, 0.1) is 0 Å². The van der Waals surface area contributed by atoms with E-state index >= 15 is 0 Å². The molecule has 14 heavy (non-hydrogen) atoms. The smallest absolute Gasteiger partial charge is 0.336 e. The fourth-order valence-corrected chi connectivity index (χ4v) is 1.59. The fraction of sp³-hybridized carbons (Fsp3) is 0.500. The predicted octanol–water partition coefficient (Wildman–Crippen LogP) is 4.13. The third-order valence-electron chi connectivity index (χ3n) is 1.30. The molecule has 0 fully saturated rings. The van der Waals surface area contributed by atoms with Gasteiger partial charge in [0.05, 0.1) is 5.57 Å². The Morgan fingerprint density at radius 1 is 1.00 bits per heavy atom. The van der Waals surface area contributed by atoms with E-state index in [2.05, 4.69) is 0 Å². The van der Waals surface area contributed by atoms with Crippen molar-refractivity contribution in [2.24, 2.45) is 0 Å². The molecule has 82 valence electrons. The van der Waals surface area contributed by atoms with Crippen molar-refractivity contribution in [2.45, 2.75) is 14.5 Å². The molecule has 0 aromatic carbocycles. The highest BCUT2D eigenvalue weighted by Crippen LogP contribution is 2.43. The van der Waals surface area contributed by atoms with Crippen molar-refractivity contribution in [3.63, 3.8) is 0 Å². The van der Waals surface area contributed by atoms with Crippen LogP contribution in [0.25, 0.3) is 0 Å². The number of alkyl halides is 6. The van der Waals surface area contributed by atoms with Gasteiger partial charge < -0.3 is 5.11 Å². The second-order valence-electron chi connectivity index (χ2n) is 2.30. The van der Waals surface area contributed by atoms with Crippen LogP contribution < -0.4 is 0 Å². The van der Waals surface area contributed by atoms with Crippen LogP contribution in [0.3, 0.4) is 0 Å². The Morgan fingerprint density at radius 3 is 1.43 bits per heavy atom. The number of hydrogen-bond donors (Lipinski definition) is 1. The summed E-state index contributed by atoms with van der Waals surface area (Å²) in [6.45, 7) is 1.26. The molecule has 0 saturated heterocycles. The summed E-state index contributed by atoms with van der Waals surface area (Å²) >= 11 is 32.6. The van der Waals surface area contributed by atoms with Crippen molar-refractivity contribution in [2.75, 3.05) is 0 Å². The van der Waals surface area contributed by atoms with Crippen LogP contribution in [-0.2, 0) is 4.79 Å². The minimum Gasteiger partial charge on any atom is -0.478 e. The van der Waals surface area contributed by atoms with Crippen LogP contribution in [0.15, 0.2) is 11.1 Å². The minimum atomic E-state index is -2.14. The first-order valence-electron chi connectivity index (χ1n) is 3.06. The minimum absolute atomic E-state index is 0.144. The van der Waals surface area contributed by atoms with E-state index in [0.717, 1.165) is 0 Å². The zero-order chi connectivity index (χ0) is 11.7. The lowest BCUT2D eigenvalue weighted by Crippen LogP contribution is -2.22. The van der Waals surface area contributed by atoms with E-state index in [4.69, 9.17) is 74.7 Å². The first-order valence-corrected chi connectivity index (χ1v) is 5.33. The summed E-state index contributed by atoms with van der Waals surface area (Å²) < 4.78 is -4.06. The van der Waals surface area contributed by atoms with Gasteiger partial charge in [-0.3, -0.25) is 0 Å². The molecule has 2 nitrogen and oxygen atoms in total. The van der Waals surface area contributed by atoms with E-state index in [-0.39, 0.29) is 5.57 Å². The highest BCUT2D eigenvalue weighted by Gasteiger charge is 2.39. The number of rotatable bonds is 1. The van der Waals surface area contributed by atoms with Crippen LogP contribution in [0.4, 0.5) is 0 Å². The van der Waals surface area contributed by atoms with Crippen LogP contribution in [0.1, 0.15) is 6.92 Å². The van der Waals surface area contributed by atoms with Crippen LogP contribution >= 0.6 is 69.6 Å². The SMILES string of the molecule is C/C(=C(/C(=O)O)C(Cl)(Cl)Cl)C(Cl)(Cl)Cl. The fourth-order valence-electron chi connectivity index (χ4n) is 0.636. The van der Waals surface area contributed by atoms with Gasteiger partial charge >= 0.3 is 5.97 Å². The van der Waals surface area contributed by atoms with Gasteiger partial charge in [-0.25, -0.2) is 4.79 Å². The first-order chi connectivity index (χ1) is 5.98. The Labute approximate surface area is 111 Å². The van der Waals surface area contributed by atoms with Gasteiger partial charge in [-0.15, -0.1) is 0 Å². The van der Waals surface area contributed by atoms with E-state index in [1.165, 1.54) is 6.92 Å². The third-order valence-corrected chi connectivity index (χ3v) is 2.71. The highest BCUT2D eigenvalue weighted by molar-refractivity contribution is 6.72. The molecule has 0 saturated carbocycles. The highest BCUT2D eigenvalue weighted by atomic mass is 35.6. The van der Waals surface area contributed by atoms with Gasteiger partial charge in [0.25, 0.3) is 0 Å². The van der Waals surface area contributed by atoms with Gasteiger partial charge in [0.1, 0.15) is 0 Å². The zero-order valence-electron chi connectivity index (χ0n) is 6.62. The van der Waals surface area contributed by atoms with E-state index in [1.54, 1.807) is 0 Å². The van der Waals surface area contributed by atoms with Gasteiger partial charge in [-0.1, -0.05) is 69.6 Å². The van der Waals surface area contributed by atoms with E-state index in [1.807, 2.05) is 0 Å². The summed E-state index contributed by atoms with van der Waals surface area (Å²) in [5.74, 6) is -1.45. The van der Waals surface area contributed by atoms with Gasteiger partial charge in [-0.2, -0.15) is 0 Å². The number of carboxylic acids is 1. The molecule has 1 N–H and O–H groups in total. The monoisotopic (exact) mass is 318 g/mol. The summed E-state index contributed by atoms with van der Waals surface area (Å²) in [5.41, 5.74) is -0.711. The Kier molecular flexibility index (Phi) is 5.19. The molecule has 0 aliphatic rings. The van der Waals surface area contributed by atoms with E-state index in [0.29, 0.717) is 0 Å². The molecular weight excluding hydrogens is 317 g/mol. The third kappa shape index (κ3) is 4.21. The Hall–Kier alpha value is 0.950. The number of carboxylic acid groups (broad SMARTS) is 1. The zero-order valence-corrected chi connectivity index (χ0v) is 11.2. The summed E-state index contributed by atoms with van der Waals surface area (Å²) in [6.07, 6.45) is 0. The number of halogens is 6. The Morgan fingerprint density at radius 2 is 1.36 bits per heavy atom. The molecule has 8 heteroatoms. The number of hydrogen-bond acceptors (Lipinski definition) is 1. The molecule has 0 aromatic heterocycles. The predicted molar refractivity (Wildman–Crippen MR) is 60.9 cm³/mol. The molecule has 0 atom stereocenters. The molecule has 0 spiro atoms. The molecule has 0 heterocycles. The number of allylic oxidation sites excluding steroid dienone is 1. The quantitative estimate of drug-likeness (QED) is 0.582. The maximum Gasteiger partial charge on any atom is 0.336 e. The van der Waals surface area contributed by atoms with E-state index in [9.17, 15) is 4.79 Å². The lowest BCUT2D eigenvalue weighted by molar-refractivity contribution is -0.132. The Balaban J connectivity index is 5.53. The van der Waals surface area contributed by atoms with Crippen LogP contribution in [0.5, 0.6) is 0 Å². The lowest BCUT2D eigenvalue weighted by atomic mass is 10.2. The molecule has 0 rings (SSSR count). The molecule has 0 aromatic rings. The Bertz CT molecular complexity index is 271. The summed E-state index contributed by atoms with van der Waals surface area (Å²) in [4.78, 5) is 10.7. The lowest BCUT2D eigenvalue weighted by Gasteiger charge is -2.19. The van der Waals surface area contributed by atoms with Crippen LogP contribution in [-0.4, -0.2) is 18.7 Å². The molecule has 0 bridgehead atoms. The maximum absolute atomic E-state index is 10.7. The van der Waals surface area contributed by atoms with Crippen molar-refractivity contribution in [3.8, 4) is 0 Å². The van der Waals surface area contributed by atoms with Crippen molar-refractivity contribution in [3.05, 3.63) is 11.1 Å². The number of carbonyl (C=O) groups is 1. The summed E-state index contributed by atoms with van der Waals surface area (Å²) in [6, 6.07) is 0. The average molecular weight is 321 g/mol. The standard InChI is InChI=1S/C6H4Cl6O2/c1-2(5(7,8)9)3(4(13)14)6(10,11)12/h1H3,(H,13,14)/b3-2+. The van der Waals surface area contributed by atoms with Crippen molar-refractivity contribution < 1.29 is 9.90 Å². The molecule has 0 unspecified atom stereocenters. The molecule has 0 amide bonds. The van der Waals surface area contributed by atoms with Crippen molar-refractivity contribution in [1.82, 2.24) is 0 Å². The molecular formula is C6H4Cl6O2. The number of aliphatic carboxylic acids is 1. The van der Waals surface area contributed by atoms with Crippen molar-refractivity contribution >= 4 is 75.6 Å². The van der Waals surface area contributed by atoms with Crippen LogP contribution in [0.2, 0.25) is 0 Å². The average Bonchev–Trinajstić information content (AvgIpc) is 1.79. The summed E-state index contributed by atoms with van der Waals surface area (Å²) in [5, 5.41) is 8.76.